The lowest BCUT2D eigenvalue weighted by atomic mass is 10.1. The molecule has 1 rings (SSSR count). The number of anilines is 1. The second-order valence-corrected chi connectivity index (χ2v) is 4.63. The van der Waals surface area contributed by atoms with E-state index < -0.39 is 0 Å². The van der Waals surface area contributed by atoms with Gasteiger partial charge in [-0.1, -0.05) is 17.7 Å². The van der Waals surface area contributed by atoms with Crippen LogP contribution >= 0.6 is 11.6 Å². The molecule has 0 saturated heterocycles. The van der Waals surface area contributed by atoms with E-state index in [-0.39, 0.29) is 11.9 Å². The largest absolute Gasteiger partial charge is 0.398 e. The van der Waals surface area contributed by atoms with Crippen LogP contribution in [-0.2, 0) is 0 Å². The van der Waals surface area contributed by atoms with Gasteiger partial charge in [-0.2, -0.15) is 0 Å². The molecule has 0 saturated carbocycles. The molecule has 0 bridgehead atoms. The number of nitrogen functional groups attached to an aromatic ring is 1. The number of hydrogen-bond donors (Lipinski definition) is 2. The van der Waals surface area contributed by atoms with Gasteiger partial charge in [0.2, 0.25) is 0 Å². The van der Waals surface area contributed by atoms with Gasteiger partial charge in [-0.25, -0.2) is 0 Å². The maximum atomic E-state index is 11.9. The Hall–Kier alpha value is -1.26. The minimum absolute atomic E-state index is 0.234. The molecule has 0 heterocycles. The van der Waals surface area contributed by atoms with Gasteiger partial charge in [0, 0.05) is 18.3 Å². The van der Waals surface area contributed by atoms with E-state index in [9.17, 15) is 4.79 Å². The van der Waals surface area contributed by atoms with E-state index in [1.54, 1.807) is 18.2 Å². The first-order chi connectivity index (χ1) is 7.93. The number of carbonyl (C=O) groups is 1. The molecule has 1 amide bonds. The number of benzene rings is 1. The molecular formula is C12H18ClN3O. The van der Waals surface area contributed by atoms with Crippen molar-refractivity contribution >= 4 is 23.2 Å². The summed E-state index contributed by atoms with van der Waals surface area (Å²) in [5, 5.41) is 3.19. The summed E-state index contributed by atoms with van der Waals surface area (Å²) in [6.45, 7) is 2.58. The summed E-state index contributed by atoms with van der Waals surface area (Å²) in [6, 6.07) is 5.29. The van der Waals surface area contributed by atoms with E-state index in [1.165, 1.54) is 0 Å². The molecule has 0 aliphatic rings. The van der Waals surface area contributed by atoms with Crippen molar-refractivity contribution in [2.45, 2.75) is 13.0 Å². The highest BCUT2D eigenvalue weighted by atomic mass is 35.5. The van der Waals surface area contributed by atoms with Gasteiger partial charge in [-0.3, -0.25) is 4.79 Å². The van der Waals surface area contributed by atoms with Gasteiger partial charge in [0.15, 0.2) is 0 Å². The molecule has 0 spiro atoms. The molecule has 1 aromatic rings. The first-order valence-electron chi connectivity index (χ1n) is 5.42. The van der Waals surface area contributed by atoms with Crippen molar-refractivity contribution in [3.8, 4) is 0 Å². The van der Waals surface area contributed by atoms with Gasteiger partial charge >= 0.3 is 0 Å². The van der Waals surface area contributed by atoms with Crippen molar-refractivity contribution in [2.75, 3.05) is 26.4 Å². The summed E-state index contributed by atoms with van der Waals surface area (Å²) < 4.78 is 0. The molecule has 0 aliphatic carbocycles. The minimum atomic E-state index is -0.234. The summed E-state index contributed by atoms with van der Waals surface area (Å²) in [6.07, 6.45) is 0. The molecule has 0 aliphatic heterocycles. The molecule has 94 valence electrons. The van der Waals surface area contributed by atoms with Gasteiger partial charge in [0.25, 0.3) is 5.91 Å². The van der Waals surface area contributed by atoms with Crippen LogP contribution in [0, 0.1) is 0 Å². The van der Waals surface area contributed by atoms with Crippen LogP contribution in [0.4, 0.5) is 5.69 Å². The molecule has 1 atom stereocenters. The third-order valence-electron chi connectivity index (χ3n) is 2.71. The predicted molar refractivity (Wildman–Crippen MR) is 71.3 cm³/mol. The van der Waals surface area contributed by atoms with Gasteiger partial charge in [-0.05, 0) is 33.2 Å². The van der Waals surface area contributed by atoms with Crippen molar-refractivity contribution in [2.24, 2.45) is 0 Å². The molecule has 17 heavy (non-hydrogen) atoms. The van der Waals surface area contributed by atoms with Gasteiger partial charge in [-0.15, -0.1) is 0 Å². The van der Waals surface area contributed by atoms with Gasteiger partial charge in [0.1, 0.15) is 0 Å². The maximum Gasteiger partial charge on any atom is 0.254 e. The van der Waals surface area contributed by atoms with Crippen molar-refractivity contribution in [3.63, 3.8) is 0 Å². The van der Waals surface area contributed by atoms with E-state index in [4.69, 9.17) is 17.3 Å². The minimum Gasteiger partial charge on any atom is -0.398 e. The quantitative estimate of drug-likeness (QED) is 0.804. The van der Waals surface area contributed by atoms with Crippen LogP contribution in [0.5, 0.6) is 0 Å². The molecule has 5 heteroatoms. The number of nitrogens with one attached hydrogen (secondary N) is 1. The van der Waals surface area contributed by atoms with Crippen LogP contribution in [0.2, 0.25) is 5.02 Å². The molecule has 0 fully saturated rings. The summed E-state index contributed by atoms with van der Waals surface area (Å²) >= 11 is 5.95. The van der Waals surface area contributed by atoms with Crippen LogP contribution in [0.25, 0.3) is 0 Å². The number of rotatable bonds is 4. The Morgan fingerprint density at radius 3 is 2.71 bits per heavy atom. The van der Waals surface area contributed by atoms with Crippen LogP contribution in [0.1, 0.15) is 17.3 Å². The summed E-state index contributed by atoms with van der Waals surface area (Å²) in [7, 11) is 3.92. The second-order valence-electron chi connectivity index (χ2n) is 4.23. The number of nitrogens with zero attached hydrogens (tertiary/aromatic N) is 1. The zero-order valence-corrected chi connectivity index (χ0v) is 11.1. The second kappa shape index (κ2) is 5.89. The highest BCUT2D eigenvalue weighted by Crippen LogP contribution is 2.21. The molecule has 4 nitrogen and oxygen atoms in total. The van der Waals surface area contributed by atoms with Crippen molar-refractivity contribution in [1.82, 2.24) is 10.2 Å². The Balaban J connectivity index is 2.71. The average molecular weight is 256 g/mol. The topological polar surface area (TPSA) is 58.4 Å². The number of likely N-dealkylation sites (N-methyl/N-ethyl adjacent to an activating group) is 1. The van der Waals surface area contributed by atoms with Crippen LogP contribution in [0.15, 0.2) is 18.2 Å². The summed E-state index contributed by atoms with van der Waals surface area (Å²) in [5.74, 6) is -0.234. The normalized spacial score (nSPS) is 12.5. The lowest BCUT2D eigenvalue weighted by Gasteiger charge is -2.20. The highest BCUT2D eigenvalue weighted by Gasteiger charge is 2.14. The number of halogens is 1. The number of carbonyl (C=O) groups excluding carboxylic acids is 1. The van der Waals surface area contributed by atoms with E-state index in [2.05, 4.69) is 5.32 Å². The monoisotopic (exact) mass is 255 g/mol. The Morgan fingerprint density at radius 2 is 2.18 bits per heavy atom. The van der Waals surface area contributed by atoms with E-state index in [0.29, 0.717) is 22.8 Å². The average Bonchev–Trinajstić information content (AvgIpc) is 2.25. The number of nitrogens with two attached hydrogens (primary N) is 1. The third-order valence-corrected chi connectivity index (χ3v) is 3.03. The SMILES string of the molecule is CC(CNC(=O)c1c(N)cccc1Cl)N(C)C. The zero-order chi connectivity index (χ0) is 13.0. The van der Waals surface area contributed by atoms with Gasteiger partial charge in [0.05, 0.1) is 10.6 Å². The Morgan fingerprint density at radius 1 is 1.53 bits per heavy atom. The Kier molecular flexibility index (Phi) is 4.78. The molecule has 1 aromatic carbocycles. The van der Waals surface area contributed by atoms with E-state index >= 15 is 0 Å². The maximum absolute atomic E-state index is 11.9. The van der Waals surface area contributed by atoms with Crippen molar-refractivity contribution in [1.29, 1.82) is 0 Å². The smallest absolute Gasteiger partial charge is 0.254 e. The lowest BCUT2D eigenvalue weighted by Crippen LogP contribution is -2.38. The predicted octanol–water partition coefficient (Wildman–Crippen LogP) is 1.60. The third kappa shape index (κ3) is 3.61. The number of amides is 1. The fourth-order valence-electron chi connectivity index (χ4n) is 1.29. The highest BCUT2D eigenvalue weighted by molar-refractivity contribution is 6.34. The Labute approximate surface area is 107 Å². The molecular weight excluding hydrogens is 238 g/mol. The standard InChI is InChI=1S/C12H18ClN3O/c1-8(16(2)3)7-15-12(17)11-9(13)5-4-6-10(11)14/h4-6,8H,7,14H2,1-3H3,(H,15,17). The summed E-state index contributed by atoms with van der Waals surface area (Å²) in [4.78, 5) is 13.9. The van der Waals surface area contributed by atoms with E-state index in [1.807, 2.05) is 25.9 Å². The fraction of sp³-hybridized carbons (Fsp3) is 0.417. The first-order valence-corrected chi connectivity index (χ1v) is 5.80. The molecule has 1 unspecified atom stereocenters. The fourth-order valence-corrected chi connectivity index (χ4v) is 1.56. The lowest BCUT2D eigenvalue weighted by molar-refractivity contribution is 0.0944. The molecule has 0 radical (unpaired) electrons. The van der Waals surface area contributed by atoms with Crippen LogP contribution in [0.3, 0.4) is 0 Å². The molecule has 3 N–H and O–H groups in total. The number of hydrogen-bond acceptors (Lipinski definition) is 3. The molecule has 0 aromatic heterocycles. The van der Waals surface area contributed by atoms with Gasteiger partial charge < -0.3 is 16.0 Å². The zero-order valence-electron chi connectivity index (χ0n) is 10.3. The van der Waals surface area contributed by atoms with Crippen LogP contribution < -0.4 is 11.1 Å². The first kappa shape index (κ1) is 13.8. The van der Waals surface area contributed by atoms with E-state index in [0.717, 1.165) is 0 Å². The Bertz CT molecular complexity index is 386. The summed E-state index contributed by atoms with van der Waals surface area (Å²) in [5.41, 5.74) is 6.48. The van der Waals surface area contributed by atoms with Crippen molar-refractivity contribution in [3.05, 3.63) is 28.8 Å². The van der Waals surface area contributed by atoms with Crippen LogP contribution in [-0.4, -0.2) is 37.5 Å². The van der Waals surface area contributed by atoms with Crippen molar-refractivity contribution < 1.29 is 4.79 Å².